The van der Waals surface area contributed by atoms with Crippen molar-refractivity contribution in [3.63, 3.8) is 0 Å². The van der Waals surface area contributed by atoms with Gasteiger partial charge in [-0.3, -0.25) is 4.90 Å². The Labute approximate surface area is 126 Å². The Morgan fingerprint density at radius 3 is 2.85 bits per heavy atom. The molecule has 1 saturated heterocycles. The normalized spacial score (nSPS) is 29.1. The highest BCUT2D eigenvalue weighted by Crippen LogP contribution is 2.42. The fourth-order valence-electron chi connectivity index (χ4n) is 4.01. The maximum atomic E-state index is 6.14. The molecule has 20 heavy (non-hydrogen) atoms. The predicted molar refractivity (Wildman–Crippen MR) is 83.3 cm³/mol. The van der Waals surface area contributed by atoms with Crippen LogP contribution in [-0.2, 0) is 6.42 Å². The third kappa shape index (κ3) is 2.49. The molecule has 1 N–H and O–H groups in total. The van der Waals surface area contributed by atoms with E-state index in [1.165, 1.54) is 57.2 Å². The molecule has 0 radical (unpaired) electrons. The van der Waals surface area contributed by atoms with Crippen LogP contribution in [0.4, 0.5) is 0 Å². The molecule has 0 spiro atoms. The summed E-state index contributed by atoms with van der Waals surface area (Å²) in [5, 5.41) is 4.55. The molecule has 1 saturated carbocycles. The summed E-state index contributed by atoms with van der Waals surface area (Å²) >= 11 is 6.14. The Bertz CT molecular complexity index is 492. The largest absolute Gasteiger partial charge is 0.313 e. The van der Waals surface area contributed by atoms with Crippen LogP contribution in [-0.4, -0.2) is 30.1 Å². The van der Waals surface area contributed by atoms with Crippen molar-refractivity contribution in [3.05, 3.63) is 34.3 Å². The summed E-state index contributed by atoms with van der Waals surface area (Å²) < 4.78 is 0. The standard InChI is InChI=1S/C17H23ClN2/c18-13-4-7-16-12(10-13)3-8-17(16)20(15-5-6-15)11-14-2-1-9-19-14/h4,7,10,14-15,17,19H,1-3,5-6,8-9,11H2. The fourth-order valence-corrected chi connectivity index (χ4v) is 4.21. The quantitative estimate of drug-likeness (QED) is 0.912. The molecule has 0 aromatic heterocycles. The average Bonchev–Trinajstić information content (AvgIpc) is 3.00. The minimum atomic E-state index is 0.636. The number of hydrogen-bond acceptors (Lipinski definition) is 2. The lowest BCUT2D eigenvalue weighted by Crippen LogP contribution is -2.40. The molecule has 4 rings (SSSR count). The van der Waals surface area contributed by atoms with Crippen molar-refractivity contribution in [2.45, 2.75) is 56.7 Å². The molecule has 0 bridgehead atoms. The maximum absolute atomic E-state index is 6.14. The number of hydrogen-bond donors (Lipinski definition) is 1. The predicted octanol–water partition coefficient (Wildman–Crippen LogP) is 3.54. The molecule has 2 aliphatic carbocycles. The fraction of sp³-hybridized carbons (Fsp3) is 0.647. The van der Waals surface area contributed by atoms with Gasteiger partial charge in [0.15, 0.2) is 0 Å². The number of fused-ring (bicyclic) bond motifs is 1. The minimum Gasteiger partial charge on any atom is -0.313 e. The highest BCUT2D eigenvalue weighted by Gasteiger charge is 2.38. The average molecular weight is 291 g/mol. The number of aryl methyl sites for hydroxylation is 1. The van der Waals surface area contributed by atoms with Crippen LogP contribution in [0.3, 0.4) is 0 Å². The molecule has 0 amide bonds. The highest BCUT2D eigenvalue weighted by molar-refractivity contribution is 6.30. The van der Waals surface area contributed by atoms with Gasteiger partial charge in [-0.1, -0.05) is 17.7 Å². The zero-order valence-electron chi connectivity index (χ0n) is 11.9. The van der Waals surface area contributed by atoms with Gasteiger partial charge in [-0.25, -0.2) is 0 Å². The van der Waals surface area contributed by atoms with Crippen molar-refractivity contribution in [2.24, 2.45) is 0 Å². The van der Waals surface area contributed by atoms with E-state index in [1.54, 1.807) is 5.56 Å². The molecule has 3 heteroatoms. The second-order valence-electron chi connectivity index (χ2n) is 6.62. The molecule has 108 valence electrons. The number of nitrogens with one attached hydrogen (secondary N) is 1. The Morgan fingerprint density at radius 1 is 1.20 bits per heavy atom. The zero-order valence-corrected chi connectivity index (χ0v) is 12.7. The van der Waals surface area contributed by atoms with Gasteiger partial charge >= 0.3 is 0 Å². The Kier molecular flexibility index (Phi) is 3.49. The highest BCUT2D eigenvalue weighted by atomic mass is 35.5. The first-order valence-corrected chi connectivity index (χ1v) is 8.46. The van der Waals surface area contributed by atoms with E-state index < -0.39 is 0 Å². The third-order valence-corrected chi connectivity index (χ3v) is 5.40. The van der Waals surface area contributed by atoms with Crippen molar-refractivity contribution in [3.8, 4) is 0 Å². The SMILES string of the molecule is Clc1ccc2c(c1)CCC2N(CC1CCCN1)C1CC1. The Hall–Kier alpha value is -0.570. The van der Waals surface area contributed by atoms with Gasteiger partial charge in [0.05, 0.1) is 0 Å². The monoisotopic (exact) mass is 290 g/mol. The molecular weight excluding hydrogens is 268 g/mol. The van der Waals surface area contributed by atoms with E-state index in [2.05, 4.69) is 28.4 Å². The molecule has 2 fully saturated rings. The molecule has 3 aliphatic rings. The third-order valence-electron chi connectivity index (χ3n) is 5.16. The summed E-state index contributed by atoms with van der Waals surface area (Å²) in [6.07, 6.45) is 7.96. The van der Waals surface area contributed by atoms with Gasteiger partial charge in [-0.05, 0) is 68.3 Å². The lowest BCUT2D eigenvalue weighted by Gasteiger charge is -2.32. The summed E-state index contributed by atoms with van der Waals surface area (Å²) in [7, 11) is 0. The van der Waals surface area contributed by atoms with Crippen LogP contribution >= 0.6 is 11.6 Å². The number of nitrogens with zero attached hydrogens (tertiary/aromatic N) is 1. The van der Waals surface area contributed by atoms with Gasteiger partial charge in [0.2, 0.25) is 0 Å². The molecule has 1 aromatic rings. The van der Waals surface area contributed by atoms with Crippen LogP contribution in [0, 0.1) is 0 Å². The molecule has 1 aromatic carbocycles. The molecule has 2 nitrogen and oxygen atoms in total. The molecule has 1 heterocycles. The molecular formula is C17H23ClN2. The number of halogens is 1. The lowest BCUT2D eigenvalue weighted by atomic mass is 10.1. The summed E-state index contributed by atoms with van der Waals surface area (Å²) in [6.45, 7) is 2.44. The number of benzene rings is 1. The van der Waals surface area contributed by atoms with Gasteiger partial charge in [0.25, 0.3) is 0 Å². The van der Waals surface area contributed by atoms with E-state index in [4.69, 9.17) is 11.6 Å². The van der Waals surface area contributed by atoms with Gasteiger partial charge < -0.3 is 5.32 Å². The van der Waals surface area contributed by atoms with Crippen molar-refractivity contribution >= 4 is 11.6 Å². The number of rotatable bonds is 4. The molecule has 2 atom stereocenters. The van der Waals surface area contributed by atoms with E-state index in [0.717, 1.165) is 11.1 Å². The first-order chi connectivity index (χ1) is 9.81. The summed E-state index contributed by atoms with van der Waals surface area (Å²) in [4.78, 5) is 2.79. The maximum Gasteiger partial charge on any atom is 0.0408 e. The van der Waals surface area contributed by atoms with E-state index >= 15 is 0 Å². The lowest BCUT2D eigenvalue weighted by molar-refractivity contribution is 0.170. The topological polar surface area (TPSA) is 15.3 Å². The Balaban J connectivity index is 1.55. The van der Waals surface area contributed by atoms with Crippen molar-refractivity contribution in [1.29, 1.82) is 0 Å². The summed E-state index contributed by atoms with van der Waals surface area (Å²) in [5.74, 6) is 0. The second kappa shape index (κ2) is 5.32. The van der Waals surface area contributed by atoms with Crippen molar-refractivity contribution in [2.75, 3.05) is 13.1 Å². The van der Waals surface area contributed by atoms with E-state index in [1.807, 2.05) is 0 Å². The Morgan fingerprint density at radius 2 is 2.10 bits per heavy atom. The van der Waals surface area contributed by atoms with Crippen LogP contribution in [0.1, 0.15) is 49.3 Å². The van der Waals surface area contributed by atoms with Gasteiger partial charge in [-0.15, -0.1) is 0 Å². The summed E-state index contributed by atoms with van der Waals surface area (Å²) in [5.41, 5.74) is 3.02. The van der Waals surface area contributed by atoms with Crippen LogP contribution in [0.2, 0.25) is 5.02 Å². The van der Waals surface area contributed by atoms with Crippen LogP contribution < -0.4 is 5.32 Å². The first-order valence-electron chi connectivity index (χ1n) is 8.09. The van der Waals surface area contributed by atoms with Crippen LogP contribution in [0.25, 0.3) is 0 Å². The second-order valence-corrected chi connectivity index (χ2v) is 7.06. The minimum absolute atomic E-state index is 0.636. The van der Waals surface area contributed by atoms with E-state index in [0.29, 0.717) is 12.1 Å². The first kappa shape index (κ1) is 13.1. The zero-order chi connectivity index (χ0) is 13.5. The molecule has 2 unspecified atom stereocenters. The van der Waals surface area contributed by atoms with Crippen molar-refractivity contribution in [1.82, 2.24) is 10.2 Å². The van der Waals surface area contributed by atoms with Crippen molar-refractivity contribution < 1.29 is 0 Å². The van der Waals surface area contributed by atoms with Gasteiger partial charge in [0, 0.05) is 29.7 Å². The van der Waals surface area contributed by atoms with E-state index in [9.17, 15) is 0 Å². The van der Waals surface area contributed by atoms with Crippen LogP contribution in [0.5, 0.6) is 0 Å². The van der Waals surface area contributed by atoms with Gasteiger partial charge in [-0.2, -0.15) is 0 Å². The van der Waals surface area contributed by atoms with Gasteiger partial charge in [0.1, 0.15) is 0 Å². The molecule has 1 aliphatic heterocycles. The summed E-state index contributed by atoms with van der Waals surface area (Å²) in [6, 6.07) is 8.70. The van der Waals surface area contributed by atoms with E-state index in [-0.39, 0.29) is 0 Å². The van der Waals surface area contributed by atoms with Crippen LogP contribution in [0.15, 0.2) is 18.2 Å². The smallest absolute Gasteiger partial charge is 0.0408 e.